The Hall–Kier alpha value is -2.26. The summed E-state index contributed by atoms with van der Waals surface area (Å²) in [7, 11) is 1.73. The van der Waals surface area contributed by atoms with Crippen molar-refractivity contribution in [2.24, 2.45) is 0 Å². The van der Waals surface area contributed by atoms with E-state index in [0.29, 0.717) is 0 Å². The van der Waals surface area contributed by atoms with E-state index in [2.05, 4.69) is 61.4 Å². The van der Waals surface area contributed by atoms with E-state index in [1.165, 1.54) is 44.4 Å². The third-order valence-electron chi connectivity index (χ3n) is 5.03. The third kappa shape index (κ3) is 2.40. The molecule has 0 bridgehead atoms. The van der Waals surface area contributed by atoms with Crippen LogP contribution in [0.3, 0.4) is 0 Å². The number of hydrogen-bond donors (Lipinski definition) is 2. The molecule has 0 aliphatic carbocycles. The zero-order chi connectivity index (χ0) is 16.8. The molecule has 1 atom stereocenters. The van der Waals surface area contributed by atoms with Crippen LogP contribution in [0.1, 0.15) is 39.6 Å². The van der Waals surface area contributed by atoms with Gasteiger partial charge >= 0.3 is 0 Å². The molecule has 1 aliphatic rings. The van der Waals surface area contributed by atoms with Gasteiger partial charge in [0, 0.05) is 23.1 Å². The molecule has 124 valence electrons. The van der Waals surface area contributed by atoms with Crippen LogP contribution < -0.4 is 10.1 Å². The van der Waals surface area contributed by atoms with Crippen molar-refractivity contribution in [3.63, 3.8) is 0 Å². The molecule has 24 heavy (non-hydrogen) atoms. The summed E-state index contributed by atoms with van der Waals surface area (Å²) in [5, 5.41) is 5.08. The molecule has 3 aromatic rings. The highest BCUT2D eigenvalue weighted by atomic mass is 16.5. The van der Waals surface area contributed by atoms with Gasteiger partial charge in [-0.15, -0.1) is 0 Å². The first-order valence-electron chi connectivity index (χ1n) is 8.57. The molecule has 1 aromatic heterocycles. The van der Waals surface area contributed by atoms with Crippen molar-refractivity contribution in [1.82, 2.24) is 10.3 Å². The van der Waals surface area contributed by atoms with Gasteiger partial charge in [0.2, 0.25) is 0 Å². The molecular formula is C21H24N2O. The molecule has 2 heterocycles. The Balaban J connectivity index is 1.90. The molecule has 0 radical (unpaired) electrons. The standard InChI is InChI=1S/C21H24N2O/c1-12-7-14(3)19-17-5-6-22-20(21(17)23-18(19)10-12)15-8-13(2)9-16(11-15)24-4/h7-11,20,22-23H,5-6H2,1-4H3. The maximum absolute atomic E-state index is 5.47. The first-order valence-corrected chi connectivity index (χ1v) is 8.57. The van der Waals surface area contributed by atoms with Gasteiger partial charge in [-0.1, -0.05) is 12.1 Å². The molecule has 0 saturated heterocycles. The number of aromatic amines is 1. The molecule has 1 unspecified atom stereocenters. The van der Waals surface area contributed by atoms with E-state index in [1.807, 2.05) is 0 Å². The van der Waals surface area contributed by atoms with Gasteiger partial charge in [0.25, 0.3) is 0 Å². The maximum atomic E-state index is 5.47. The van der Waals surface area contributed by atoms with Gasteiger partial charge in [-0.25, -0.2) is 0 Å². The fourth-order valence-corrected chi connectivity index (χ4v) is 4.12. The number of aromatic nitrogens is 1. The number of hydrogen-bond acceptors (Lipinski definition) is 2. The predicted molar refractivity (Wildman–Crippen MR) is 99.1 cm³/mol. The van der Waals surface area contributed by atoms with Gasteiger partial charge in [0.15, 0.2) is 0 Å². The monoisotopic (exact) mass is 320 g/mol. The Morgan fingerprint density at radius 2 is 1.79 bits per heavy atom. The van der Waals surface area contributed by atoms with Crippen molar-refractivity contribution in [3.8, 4) is 5.75 Å². The van der Waals surface area contributed by atoms with E-state index < -0.39 is 0 Å². The Labute approximate surface area is 143 Å². The van der Waals surface area contributed by atoms with Crippen molar-refractivity contribution in [2.75, 3.05) is 13.7 Å². The summed E-state index contributed by atoms with van der Waals surface area (Å²) in [5.41, 5.74) is 9.18. The first kappa shape index (κ1) is 15.3. The minimum Gasteiger partial charge on any atom is -0.497 e. The van der Waals surface area contributed by atoms with Gasteiger partial charge in [-0.2, -0.15) is 0 Å². The molecule has 1 aliphatic heterocycles. The number of benzene rings is 2. The lowest BCUT2D eigenvalue weighted by Crippen LogP contribution is -2.30. The van der Waals surface area contributed by atoms with Crippen molar-refractivity contribution < 1.29 is 4.74 Å². The summed E-state index contributed by atoms with van der Waals surface area (Å²) < 4.78 is 5.47. The normalized spacial score (nSPS) is 17.1. The summed E-state index contributed by atoms with van der Waals surface area (Å²) in [6.07, 6.45) is 1.07. The van der Waals surface area contributed by atoms with Gasteiger partial charge in [-0.3, -0.25) is 0 Å². The van der Waals surface area contributed by atoms with Gasteiger partial charge in [0.05, 0.1) is 13.2 Å². The molecule has 0 saturated carbocycles. The Morgan fingerprint density at radius 3 is 2.58 bits per heavy atom. The highest BCUT2D eigenvalue weighted by Crippen LogP contribution is 2.36. The second kappa shape index (κ2) is 5.67. The van der Waals surface area contributed by atoms with Crippen LogP contribution in [0.25, 0.3) is 10.9 Å². The third-order valence-corrected chi connectivity index (χ3v) is 5.03. The van der Waals surface area contributed by atoms with Crippen LogP contribution in [0.2, 0.25) is 0 Å². The van der Waals surface area contributed by atoms with E-state index in [4.69, 9.17) is 4.74 Å². The van der Waals surface area contributed by atoms with E-state index in [9.17, 15) is 0 Å². The number of aryl methyl sites for hydroxylation is 3. The molecule has 0 amide bonds. The Kier molecular flexibility index (Phi) is 3.61. The van der Waals surface area contributed by atoms with Crippen LogP contribution in [0, 0.1) is 20.8 Å². The number of rotatable bonds is 2. The van der Waals surface area contributed by atoms with Crippen molar-refractivity contribution in [2.45, 2.75) is 33.2 Å². The number of nitrogens with one attached hydrogen (secondary N) is 2. The Morgan fingerprint density at radius 1 is 1.00 bits per heavy atom. The highest BCUT2D eigenvalue weighted by Gasteiger charge is 2.26. The fraction of sp³-hybridized carbons (Fsp3) is 0.333. The zero-order valence-corrected chi connectivity index (χ0v) is 14.8. The molecule has 2 N–H and O–H groups in total. The lowest BCUT2D eigenvalue weighted by Gasteiger charge is -2.25. The molecular weight excluding hydrogens is 296 g/mol. The average molecular weight is 320 g/mol. The minimum absolute atomic E-state index is 0.189. The van der Waals surface area contributed by atoms with Crippen LogP contribution in [-0.2, 0) is 6.42 Å². The van der Waals surface area contributed by atoms with Crippen LogP contribution in [-0.4, -0.2) is 18.6 Å². The summed E-state index contributed by atoms with van der Waals surface area (Å²) in [5.74, 6) is 0.919. The van der Waals surface area contributed by atoms with E-state index in [1.54, 1.807) is 7.11 Å². The molecule has 3 heteroatoms. The molecule has 3 nitrogen and oxygen atoms in total. The van der Waals surface area contributed by atoms with Gasteiger partial charge < -0.3 is 15.0 Å². The van der Waals surface area contributed by atoms with Crippen LogP contribution >= 0.6 is 0 Å². The second-order valence-electron chi connectivity index (χ2n) is 6.94. The average Bonchev–Trinajstić information content (AvgIpc) is 2.92. The summed E-state index contributed by atoms with van der Waals surface area (Å²) >= 11 is 0. The van der Waals surface area contributed by atoms with Gasteiger partial charge in [0.1, 0.15) is 5.75 Å². The Bertz CT molecular complexity index is 923. The first-order chi connectivity index (χ1) is 11.6. The highest BCUT2D eigenvalue weighted by molar-refractivity contribution is 5.89. The number of H-pyrrole nitrogens is 1. The minimum atomic E-state index is 0.189. The van der Waals surface area contributed by atoms with E-state index >= 15 is 0 Å². The van der Waals surface area contributed by atoms with Gasteiger partial charge in [-0.05, 0) is 73.2 Å². The maximum Gasteiger partial charge on any atom is 0.119 e. The topological polar surface area (TPSA) is 37.0 Å². The predicted octanol–water partition coefficient (Wildman–Crippen LogP) is 4.34. The SMILES string of the molecule is COc1cc(C)cc(C2NCCc3c2[nH]c2cc(C)cc(C)c32)c1. The largest absolute Gasteiger partial charge is 0.497 e. The van der Waals surface area contributed by atoms with E-state index in [0.717, 1.165) is 18.7 Å². The second-order valence-corrected chi connectivity index (χ2v) is 6.94. The molecule has 0 fully saturated rings. The number of methoxy groups -OCH3 is 1. The van der Waals surface area contributed by atoms with E-state index in [-0.39, 0.29) is 6.04 Å². The zero-order valence-electron chi connectivity index (χ0n) is 14.8. The van der Waals surface area contributed by atoms with Crippen molar-refractivity contribution >= 4 is 10.9 Å². The smallest absolute Gasteiger partial charge is 0.119 e. The summed E-state index contributed by atoms with van der Waals surface area (Å²) in [6.45, 7) is 7.49. The van der Waals surface area contributed by atoms with Crippen LogP contribution in [0.4, 0.5) is 0 Å². The summed E-state index contributed by atoms with van der Waals surface area (Å²) in [6, 6.07) is 11.2. The quantitative estimate of drug-likeness (QED) is 0.737. The van der Waals surface area contributed by atoms with Crippen molar-refractivity contribution in [1.29, 1.82) is 0 Å². The van der Waals surface area contributed by atoms with Crippen molar-refractivity contribution in [3.05, 3.63) is 63.8 Å². The lowest BCUT2D eigenvalue weighted by molar-refractivity contribution is 0.413. The number of ether oxygens (including phenoxy) is 1. The van der Waals surface area contributed by atoms with Crippen LogP contribution in [0.15, 0.2) is 30.3 Å². The molecule has 2 aromatic carbocycles. The fourth-order valence-electron chi connectivity index (χ4n) is 4.12. The molecule has 4 rings (SSSR count). The lowest BCUT2D eigenvalue weighted by atomic mass is 9.92. The summed E-state index contributed by atoms with van der Waals surface area (Å²) in [4.78, 5) is 3.70. The number of fused-ring (bicyclic) bond motifs is 3. The molecule has 0 spiro atoms. The van der Waals surface area contributed by atoms with Crippen LogP contribution in [0.5, 0.6) is 5.75 Å².